The van der Waals surface area contributed by atoms with E-state index in [4.69, 9.17) is 15.0 Å². The van der Waals surface area contributed by atoms with Gasteiger partial charge in [-0.25, -0.2) is 0 Å². The highest BCUT2D eigenvalue weighted by Gasteiger charge is 2.48. The summed E-state index contributed by atoms with van der Waals surface area (Å²) in [6, 6.07) is 44.9. The Morgan fingerprint density at radius 1 is 0.442 bits per heavy atom. The number of hydrogen-bond acceptors (Lipinski definition) is 5. The summed E-state index contributed by atoms with van der Waals surface area (Å²) in [4.78, 5) is 21.0. The first-order chi connectivity index (χ1) is 25.8. The third kappa shape index (κ3) is 3.61. The first kappa shape index (κ1) is 27.8. The number of aromatic nitrogens is 3. The van der Waals surface area contributed by atoms with Gasteiger partial charge in [0.25, 0.3) is 0 Å². The normalized spacial score (nSPS) is 19.4. The van der Waals surface area contributed by atoms with Gasteiger partial charge in [-0.3, -0.25) is 0 Å². The van der Waals surface area contributed by atoms with Gasteiger partial charge in [0, 0.05) is 27.5 Å². The van der Waals surface area contributed by atoms with Crippen LogP contribution >= 0.6 is 0 Å². The Labute approximate surface area is 300 Å². The van der Waals surface area contributed by atoms with Gasteiger partial charge in [0.15, 0.2) is 0 Å². The van der Waals surface area contributed by atoms with Crippen molar-refractivity contribution in [3.8, 4) is 11.4 Å². The Hall–Kier alpha value is -6.99. The quantitative estimate of drug-likeness (QED) is 0.176. The van der Waals surface area contributed by atoms with E-state index in [9.17, 15) is 0 Å². The van der Waals surface area contributed by atoms with Crippen LogP contribution in [0.25, 0.3) is 22.5 Å². The zero-order chi connectivity index (χ0) is 33.9. The zero-order valence-electron chi connectivity index (χ0n) is 27.9. The van der Waals surface area contributed by atoms with Gasteiger partial charge in [-0.2, -0.15) is 9.15 Å². The summed E-state index contributed by atoms with van der Waals surface area (Å²) in [5.41, 5.74) is 14.9. The number of anilines is 4. The van der Waals surface area contributed by atoms with Gasteiger partial charge in [-0.05, 0) is 81.8 Å². The van der Waals surface area contributed by atoms with Crippen molar-refractivity contribution < 1.29 is 0 Å². The van der Waals surface area contributed by atoms with E-state index < -0.39 is 0 Å². The fraction of sp³-hybridized carbons (Fsp3) is 0.0444. The molecule has 6 aliphatic rings. The molecule has 4 aliphatic heterocycles. The minimum absolute atomic E-state index is 0.0118. The molecule has 2 aliphatic carbocycles. The largest absolute Gasteiger partial charge is 0.447 e. The molecule has 0 radical (unpaired) electrons. The molecule has 6 aromatic rings. The Morgan fingerprint density at radius 2 is 0.885 bits per heavy atom. The van der Waals surface area contributed by atoms with Crippen molar-refractivity contribution in [2.75, 3.05) is 9.80 Å². The molecule has 2 atom stereocenters. The summed E-state index contributed by atoms with van der Waals surface area (Å²) < 4.78 is 4.51. The fourth-order valence-corrected chi connectivity index (χ4v) is 8.97. The van der Waals surface area contributed by atoms with E-state index >= 15 is 0 Å². The van der Waals surface area contributed by atoms with E-state index in [0.29, 0.717) is 17.7 Å². The zero-order valence-corrected chi connectivity index (χ0v) is 27.9. The molecule has 242 valence electrons. The summed E-state index contributed by atoms with van der Waals surface area (Å²) >= 11 is 0. The molecule has 0 amide bonds. The van der Waals surface area contributed by atoms with E-state index in [-0.39, 0.29) is 12.1 Å². The highest BCUT2D eigenvalue weighted by atomic mass is 15.4. The van der Waals surface area contributed by atoms with Crippen LogP contribution in [0.5, 0.6) is 0 Å². The summed E-state index contributed by atoms with van der Waals surface area (Å²) in [5, 5.41) is 0. The van der Waals surface area contributed by atoms with Crippen molar-refractivity contribution in [1.29, 1.82) is 0 Å². The van der Waals surface area contributed by atoms with Crippen molar-refractivity contribution in [1.82, 2.24) is 24.1 Å². The van der Waals surface area contributed by atoms with Gasteiger partial charge < -0.3 is 9.80 Å². The molecule has 1 aromatic heterocycles. The van der Waals surface area contributed by atoms with Crippen LogP contribution in [0.3, 0.4) is 0 Å². The third-order valence-corrected chi connectivity index (χ3v) is 11.0. The second-order valence-electron chi connectivity index (χ2n) is 13.7. The van der Waals surface area contributed by atoms with Gasteiger partial charge in [0.2, 0.25) is 0 Å². The smallest absolute Gasteiger partial charge is 0.323 e. The molecular formula is C45H29N7+2. The lowest BCUT2D eigenvalue weighted by molar-refractivity contribution is 0.829. The Bertz CT molecular complexity index is 2600. The standard InChI is InChI=1S/C45H29N7/c1-2-14-28(15-3-1)43-46-44(51-37-24-10-8-22-35(37)49-33-20-6-4-16-29(33)31-18-12-26-39(51)41(31)49)48-45(47-43)52-38-25-11-9-23-36(38)50-34-21-7-5-17-30(34)32-19-13-27-40(52)42(32)50/h1-27,41-42H/q+2. The number of fused-ring (bicyclic) bond motifs is 10. The van der Waals surface area contributed by atoms with E-state index in [1.165, 1.54) is 33.6 Å². The number of rotatable bonds is 3. The maximum atomic E-state index is 5.47. The Kier molecular flexibility index (Phi) is 5.49. The molecule has 0 N–H and O–H groups in total. The molecule has 5 heterocycles. The maximum Gasteiger partial charge on any atom is 0.447 e. The van der Waals surface area contributed by atoms with Crippen molar-refractivity contribution in [2.45, 2.75) is 12.1 Å². The SMILES string of the molecule is C1=CC2=[N+](c3nc(-c4ccccc4)nc([N+]4=C5C=CC=C6c7ccccc7N(c7ccccc74)C65)n3)c3ccccc3N3c4ccccc4C(=C1)C23. The first-order valence-electron chi connectivity index (χ1n) is 17.7. The number of para-hydroxylation sites is 6. The van der Waals surface area contributed by atoms with Crippen LogP contribution in [-0.2, 0) is 0 Å². The highest BCUT2D eigenvalue weighted by Crippen LogP contribution is 2.53. The topological polar surface area (TPSA) is 51.2 Å². The average molecular weight is 668 g/mol. The molecule has 2 unspecified atom stereocenters. The van der Waals surface area contributed by atoms with Crippen molar-refractivity contribution in [3.63, 3.8) is 0 Å². The molecule has 7 nitrogen and oxygen atoms in total. The maximum absolute atomic E-state index is 5.47. The first-order valence-corrected chi connectivity index (χ1v) is 17.7. The van der Waals surface area contributed by atoms with E-state index in [2.05, 4.69) is 165 Å². The molecule has 12 rings (SSSR count). The van der Waals surface area contributed by atoms with Gasteiger partial charge in [0.05, 0.1) is 16.9 Å². The molecule has 52 heavy (non-hydrogen) atoms. The van der Waals surface area contributed by atoms with E-state index in [1.807, 2.05) is 18.2 Å². The van der Waals surface area contributed by atoms with Crippen LogP contribution in [-0.4, -0.2) is 38.5 Å². The Morgan fingerprint density at radius 3 is 1.40 bits per heavy atom. The summed E-state index contributed by atoms with van der Waals surface area (Å²) in [6.07, 6.45) is 13.3. The highest BCUT2D eigenvalue weighted by molar-refractivity contribution is 6.22. The van der Waals surface area contributed by atoms with Crippen LogP contribution in [0, 0.1) is 0 Å². The molecule has 0 bridgehead atoms. The lowest BCUT2D eigenvalue weighted by Gasteiger charge is -2.36. The van der Waals surface area contributed by atoms with Gasteiger partial charge in [-0.1, -0.05) is 103 Å². The van der Waals surface area contributed by atoms with E-state index in [0.717, 1.165) is 39.7 Å². The molecular weight excluding hydrogens is 639 g/mol. The summed E-state index contributed by atoms with van der Waals surface area (Å²) in [5.74, 6) is 1.79. The number of benzene rings is 5. The molecule has 7 heteroatoms. The second kappa shape index (κ2) is 10.3. The van der Waals surface area contributed by atoms with Crippen LogP contribution in [0.2, 0.25) is 0 Å². The van der Waals surface area contributed by atoms with Crippen molar-refractivity contribution >= 4 is 68.6 Å². The average Bonchev–Trinajstić information content (AvgIpc) is 3.74. The summed E-state index contributed by atoms with van der Waals surface area (Å²) in [6.45, 7) is 0. The fourth-order valence-electron chi connectivity index (χ4n) is 8.97. The molecule has 5 aromatic carbocycles. The van der Waals surface area contributed by atoms with Crippen LogP contribution in [0.1, 0.15) is 11.1 Å². The minimum Gasteiger partial charge on any atom is -0.323 e. The van der Waals surface area contributed by atoms with Crippen LogP contribution < -0.4 is 19.0 Å². The lowest BCUT2D eigenvalue weighted by atomic mass is 9.92. The van der Waals surface area contributed by atoms with E-state index in [1.54, 1.807) is 0 Å². The monoisotopic (exact) mass is 667 g/mol. The van der Waals surface area contributed by atoms with Crippen LogP contribution in [0.15, 0.2) is 164 Å². The molecule has 0 spiro atoms. The predicted molar refractivity (Wildman–Crippen MR) is 210 cm³/mol. The number of hydrogen-bond donors (Lipinski definition) is 0. The Balaban J connectivity index is 1.14. The molecule has 0 fully saturated rings. The number of allylic oxidation sites excluding steroid dienone is 4. The molecule has 0 saturated heterocycles. The summed E-state index contributed by atoms with van der Waals surface area (Å²) in [7, 11) is 0. The van der Waals surface area contributed by atoms with Crippen LogP contribution in [0.4, 0.5) is 46.0 Å². The predicted octanol–water partition coefficient (Wildman–Crippen LogP) is 9.06. The lowest BCUT2D eigenvalue weighted by Crippen LogP contribution is -2.44. The second-order valence-corrected chi connectivity index (χ2v) is 13.7. The van der Waals surface area contributed by atoms with Crippen molar-refractivity contribution in [3.05, 3.63) is 175 Å². The van der Waals surface area contributed by atoms with Crippen molar-refractivity contribution in [2.24, 2.45) is 0 Å². The number of nitrogens with zero attached hydrogens (tertiary/aromatic N) is 7. The van der Waals surface area contributed by atoms with Gasteiger partial charge >= 0.3 is 17.7 Å². The van der Waals surface area contributed by atoms with Gasteiger partial charge in [0.1, 0.15) is 34.9 Å². The third-order valence-electron chi connectivity index (χ3n) is 11.0. The minimum atomic E-state index is -0.0118. The van der Waals surface area contributed by atoms with Gasteiger partial charge in [-0.15, -0.1) is 0 Å². The molecule has 0 saturated carbocycles.